The lowest BCUT2D eigenvalue weighted by molar-refractivity contribution is -0.142. The number of aliphatic hydroxyl groups is 1. The summed E-state index contributed by atoms with van der Waals surface area (Å²) in [4.78, 5) is 59.7. The second kappa shape index (κ2) is 13.0. The van der Waals surface area contributed by atoms with Crippen molar-refractivity contribution in [2.75, 3.05) is 6.61 Å². The summed E-state index contributed by atoms with van der Waals surface area (Å²) in [5.74, 6) is -4.51. The summed E-state index contributed by atoms with van der Waals surface area (Å²) in [5.41, 5.74) is 11.2. The molecule has 0 saturated carbocycles. The van der Waals surface area contributed by atoms with Crippen LogP contribution in [0.5, 0.6) is 0 Å². The van der Waals surface area contributed by atoms with Crippen molar-refractivity contribution < 1.29 is 34.2 Å². The third-order valence-corrected chi connectivity index (χ3v) is 4.44. The van der Waals surface area contributed by atoms with E-state index in [0.29, 0.717) is 5.56 Å². The molecule has 0 saturated heterocycles. The van der Waals surface area contributed by atoms with Crippen molar-refractivity contribution >= 4 is 29.6 Å². The molecule has 0 fully saturated rings. The highest BCUT2D eigenvalue weighted by atomic mass is 16.4. The molecular formula is C20H29N5O7. The average Bonchev–Trinajstić information content (AvgIpc) is 2.74. The zero-order valence-electron chi connectivity index (χ0n) is 17.6. The number of hydrogen-bond donors (Lipinski definition) is 7. The van der Waals surface area contributed by atoms with Crippen molar-refractivity contribution in [3.63, 3.8) is 0 Å². The van der Waals surface area contributed by atoms with Gasteiger partial charge in [0.15, 0.2) is 0 Å². The molecule has 0 bridgehead atoms. The molecule has 12 nitrogen and oxygen atoms in total. The molecule has 1 aromatic rings. The molecule has 0 aliphatic heterocycles. The summed E-state index contributed by atoms with van der Waals surface area (Å²) < 4.78 is 0. The zero-order chi connectivity index (χ0) is 24.3. The number of rotatable bonds is 13. The summed E-state index contributed by atoms with van der Waals surface area (Å²) >= 11 is 0. The molecule has 1 aromatic carbocycles. The molecule has 0 radical (unpaired) electrons. The van der Waals surface area contributed by atoms with Gasteiger partial charge in [0.1, 0.15) is 18.1 Å². The minimum Gasteiger partial charge on any atom is -0.480 e. The van der Waals surface area contributed by atoms with Crippen molar-refractivity contribution in [2.24, 2.45) is 11.5 Å². The van der Waals surface area contributed by atoms with Gasteiger partial charge in [0.25, 0.3) is 0 Å². The van der Waals surface area contributed by atoms with Crippen LogP contribution in [0.1, 0.15) is 25.3 Å². The molecule has 4 unspecified atom stereocenters. The van der Waals surface area contributed by atoms with E-state index in [0.717, 1.165) is 0 Å². The number of aliphatic carboxylic acids is 1. The molecule has 4 atom stereocenters. The minimum absolute atomic E-state index is 0.0118. The predicted octanol–water partition coefficient (Wildman–Crippen LogP) is -2.63. The Bertz CT molecular complexity index is 816. The summed E-state index contributed by atoms with van der Waals surface area (Å²) in [5, 5.41) is 25.8. The van der Waals surface area contributed by atoms with E-state index in [1.54, 1.807) is 30.3 Å². The Morgan fingerprint density at radius 1 is 0.906 bits per heavy atom. The second-order valence-corrected chi connectivity index (χ2v) is 7.19. The van der Waals surface area contributed by atoms with Gasteiger partial charge in [-0.3, -0.25) is 19.2 Å². The van der Waals surface area contributed by atoms with Gasteiger partial charge >= 0.3 is 5.97 Å². The largest absolute Gasteiger partial charge is 0.480 e. The smallest absolute Gasteiger partial charge is 0.326 e. The molecule has 4 amide bonds. The summed E-state index contributed by atoms with van der Waals surface area (Å²) in [6.45, 7) is 0.601. The van der Waals surface area contributed by atoms with Gasteiger partial charge in [-0.2, -0.15) is 0 Å². The van der Waals surface area contributed by atoms with Crippen LogP contribution in [-0.2, 0) is 30.4 Å². The molecule has 32 heavy (non-hydrogen) atoms. The van der Waals surface area contributed by atoms with E-state index < -0.39 is 60.4 Å². The Labute approximate surface area is 184 Å². The van der Waals surface area contributed by atoms with E-state index >= 15 is 0 Å². The first kappa shape index (κ1) is 26.5. The fourth-order valence-corrected chi connectivity index (χ4v) is 2.65. The number of nitrogens with two attached hydrogens (primary N) is 2. The van der Waals surface area contributed by atoms with E-state index in [4.69, 9.17) is 11.5 Å². The Morgan fingerprint density at radius 2 is 1.44 bits per heavy atom. The fourth-order valence-electron chi connectivity index (χ4n) is 2.65. The molecule has 176 valence electrons. The van der Waals surface area contributed by atoms with Crippen LogP contribution >= 0.6 is 0 Å². The number of hydrogen-bond acceptors (Lipinski definition) is 7. The first-order chi connectivity index (χ1) is 15.0. The first-order valence-corrected chi connectivity index (χ1v) is 9.87. The Kier molecular flexibility index (Phi) is 10.8. The number of carboxylic acid groups (broad SMARTS) is 1. The molecule has 0 aliphatic rings. The van der Waals surface area contributed by atoms with Crippen molar-refractivity contribution in [3.8, 4) is 0 Å². The lowest BCUT2D eigenvalue weighted by atomic mass is 10.0. The van der Waals surface area contributed by atoms with Crippen molar-refractivity contribution in [1.82, 2.24) is 16.0 Å². The maximum absolute atomic E-state index is 12.7. The highest BCUT2D eigenvalue weighted by Gasteiger charge is 2.30. The molecule has 0 spiro atoms. The number of aliphatic hydroxyl groups excluding tert-OH is 1. The van der Waals surface area contributed by atoms with Gasteiger partial charge in [-0.1, -0.05) is 30.3 Å². The van der Waals surface area contributed by atoms with Crippen LogP contribution in [-0.4, -0.2) is 70.6 Å². The summed E-state index contributed by atoms with van der Waals surface area (Å²) in [7, 11) is 0. The number of amides is 4. The number of nitrogens with one attached hydrogen (secondary N) is 3. The predicted molar refractivity (Wildman–Crippen MR) is 113 cm³/mol. The summed E-state index contributed by atoms with van der Waals surface area (Å²) in [6, 6.07) is 3.60. The number of carboxylic acids is 1. The minimum atomic E-state index is -1.41. The van der Waals surface area contributed by atoms with Gasteiger partial charge in [0, 0.05) is 12.8 Å². The van der Waals surface area contributed by atoms with Crippen LogP contribution in [0.3, 0.4) is 0 Å². The summed E-state index contributed by atoms with van der Waals surface area (Å²) in [6.07, 6.45) is -0.503. The van der Waals surface area contributed by atoms with E-state index in [1.165, 1.54) is 6.92 Å². The van der Waals surface area contributed by atoms with Crippen LogP contribution in [0, 0.1) is 0 Å². The Morgan fingerprint density at radius 3 is 1.94 bits per heavy atom. The third kappa shape index (κ3) is 9.10. The van der Waals surface area contributed by atoms with Crippen LogP contribution in [0.4, 0.5) is 0 Å². The Hall–Kier alpha value is -3.51. The van der Waals surface area contributed by atoms with Crippen LogP contribution in [0.2, 0.25) is 0 Å². The van der Waals surface area contributed by atoms with E-state index in [1.807, 2.05) is 0 Å². The van der Waals surface area contributed by atoms with Gasteiger partial charge in [0.2, 0.25) is 23.6 Å². The van der Waals surface area contributed by atoms with Crippen molar-refractivity contribution in [3.05, 3.63) is 35.9 Å². The van der Waals surface area contributed by atoms with Gasteiger partial charge in [-0.05, 0) is 18.9 Å². The molecule has 0 aliphatic carbocycles. The molecule has 0 aromatic heterocycles. The maximum atomic E-state index is 12.7. The molecule has 0 heterocycles. The van der Waals surface area contributed by atoms with Crippen LogP contribution < -0.4 is 27.4 Å². The first-order valence-electron chi connectivity index (χ1n) is 9.87. The standard InChI is InChI=1S/C20H29N5O7/c1-11(21)17(28)25-15(10-26)19(30)23-13(7-8-16(22)27)18(29)24-14(20(31)32)9-12-5-3-2-4-6-12/h2-6,11,13-15,26H,7-10,21H2,1H3,(H2,22,27)(H,23,30)(H,24,29)(H,25,28)(H,31,32). The van der Waals surface area contributed by atoms with E-state index in [2.05, 4.69) is 16.0 Å². The van der Waals surface area contributed by atoms with Crippen LogP contribution in [0.15, 0.2) is 30.3 Å². The molecule has 1 rings (SSSR count). The van der Waals surface area contributed by atoms with E-state index in [9.17, 15) is 34.2 Å². The van der Waals surface area contributed by atoms with Gasteiger partial charge < -0.3 is 37.6 Å². The maximum Gasteiger partial charge on any atom is 0.326 e. The second-order valence-electron chi connectivity index (χ2n) is 7.19. The van der Waals surface area contributed by atoms with Crippen molar-refractivity contribution in [1.29, 1.82) is 0 Å². The van der Waals surface area contributed by atoms with E-state index in [-0.39, 0.29) is 19.3 Å². The highest BCUT2D eigenvalue weighted by Crippen LogP contribution is 2.06. The lowest BCUT2D eigenvalue weighted by Gasteiger charge is -2.24. The molecule has 12 heteroatoms. The Balaban J connectivity index is 2.93. The SMILES string of the molecule is CC(N)C(=O)NC(CO)C(=O)NC(CCC(N)=O)C(=O)NC(Cc1ccccc1)C(=O)O. The monoisotopic (exact) mass is 451 g/mol. The normalized spacial score (nSPS) is 14.3. The van der Waals surface area contributed by atoms with Gasteiger partial charge in [-0.25, -0.2) is 4.79 Å². The highest BCUT2D eigenvalue weighted by molar-refractivity contribution is 5.94. The topological polar surface area (TPSA) is 214 Å². The number of benzene rings is 1. The number of carbonyl (C=O) groups is 5. The number of carbonyl (C=O) groups excluding carboxylic acids is 4. The molecule has 9 N–H and O–H groups in total. The average molecular weight is 451 g/mol. The third-order valence-electron chi connectivity index (χ3n) is 4.44. The fraction of sp³-hybridized carbons (Fsp3) is 0.450. The van der Waals surface area contributed by atoms with Crippen LogP contribution in [0.25, 0.3) is 0 Å². The molecular weight excluding hydrogens is 422 g/mol. The lowest BCUT2D eigenvalue weighted by Crippen LogP contribution is -2.58. The van der Waals surface area contributed by atoms with Gasteiger partial charge in [-0.15, -0.1) is 0 Å². The van der Waals surface area contributed by atoms with Gasteiger partial charge in [0.05, 0.1) is 12.6 Å². The quantitative estimate of drug-likeness (QED) is 0.168. The zero-order valence-corrected chi connectivity index (χ0v) is 17.6. The van der Waals surface area contributed by atoms with Crippen molar-refractivity contribution in [2.45, 2.75) is 50.4 Å². The number of primary amides is 1.